The number of benzene rings is 1. The Labute approximate surface area is 151 Å². The fourth-order valence-corrected chi connectivity index (χ4v) is 3.62. The standard InChI is InChI=1S/C18H23N3O3S/c1-4-24-18(23)14-13(15(17(22)20-3)25-16(14)19)10-21-11(2)12-8-6-5-7-9-12/h5-9,11,21H,4,10,19H2,1-3H3,(H,20,22)/p+1/t11-/m0/s1. The van der Waals surface area contributed by atoms with Crippen molar-refractivity contribution in [3.8, 4) is 0 Å². The molecule has 1 atom stereocenters. The first-order valence-electron chi connectivity index (χ1n) is 8.18. The van der Waals surface area contributed by atoms with Crippen molar-refractivity contribution >= 4 is 28.2 Å². The minimum Gasteiger partial charge on any atom is -0.462 e. The molecule has 7 heteroatoms. The van der Waals surface area contributed by atoms with E-state index in [1.165, 1.54) is 5.56 Å². The fourth-order valence-electron chi connectivity index (χ4n) is 2.59. The number of ether oxygens (including phenoxy) is 1. The highest BCUT2D eigenvalue weighted by Crippen LogP contribution is 2.31. The van der Waals surface area contributed by atoms with Crippen molar-refractivity contribution in [2.24, 2.45) is 0 Å². The number of amides is 1. The Kier molecular flexibility index (Phi) is 6.55. The predicted octanol–water partition coefficient (Wildman–Crippen LogP) is 1.69. The third kappa shape index (κ3) is 4.37. The molecule has 0 aliphatic carbocycles. The van der Waals surface area contributed by atoms with Gasteiger partial charge >= 0.3 is 5.97 Å². The third-order valence-electron chi connectivity index (χ3n) is 3.95. The maximum Gasteiger partial charge on any atom is 0.341 e. The van der Waals surface area contributed by atoms with Crippen LogP contribution in [-0.4, -0.2) is 25.5 Å². The van der Waals surface area contributed by atoms with Crippen LogP contribution < -0.4 is 16.4 Å². The number of hydrogen-bond donors (Lipinski definition) is 3. The van der Waals surface area contributed by atoms with E-state index < -0.39 is 5.97 Å². The van der Waals surface area contributed by atoms with Gasteiger partial charge in [-0.15, -0.1) is 11.3 Å². The zero-order chi connectivity index (χ0) is 18.4. The van der Waals surface area contributed by atoms with Gasteiger partial charge in [0.25, 0.3) is 5.91 Å². The fraction of sp³-hybridized carbons (Fsp3) is 0.333. The average Bonchev–Trinajstić information content (AvgIpc) is 2.96. The second kappa shape index (κ2) is 8.64. The van der Waals surface area contributed by atoms with E-state index >= 15 is 0 Å². The van der Waals surface area contributed by atoms with Gasteiger partial charge in [-0.3, -0.25) is 4.79 Å². The van der Waals surface area contributed by atoms with Gasteiger partial charge in [0.15, 0.2) is 0 Å². The van der Waals surface area contributed by atoms with Crippen molar-refractivity contribution in [3.63, 3.8) is 0 Å². The molecule has 1 heterocycles. The molecule has 2 rings (SSSR count). The third-order valence-corrected chi connectivity index (χ3v) is 5.01. The summed E-state index contributed by atoms with van der Waals surface area (Å²) in [5, 5.41) is 4.99. The number of quaternary nitrogens is 1. The minimum absolute atomic E-state index is 0.176. The molecule has 0 bridgehead atoms. The van der Waals surface area contributed by atoms with Gasteiger partial charge in [0.05, 0.1) is 6.61 Å². The van der Waals surface area contributed by atoms with Crippen LogP contribution in [-0.2, 0) is 11.3 Å². The van der Waals surface area contributed by atoms with Crippen LogP contribution in [0, 0.1) is 0 Å². The van der Waals surface area contributed by atoms with Crippen LogP contribution in [0.2, 0.25) is 0 Å². The number of hydrogen-bond acceptors (Lipinski definition) is 5. The molecule has 1 aromatic heterocycles. The van der Waals surface area contributed by atoms with Crippen LogP contribution >= 0.6 is 11.3 Å². The molecule has 2 aromatic rings. The van der Waals surface area contributed by atoms with E-state index in [0.29, 0.717) is 27.5 Å². The Morgan fingerprint density at radius 3 is 2.60 bits per heavy atom. The molecular formula is C18H24N3O3S+. The molecule has 0 unspecified atom stereocenters. The van der Waals surface area contributed by atoms with Crippen molar-refractivity contribution in [3.05, 3.63) is 51.9 Å². The summed E-state index contributed by atoms with van der Waals surface area (Å²) in [7, 11) is 1.56. The molecule has 0 radical (unpaired) electrons. The first-order chi connectivity index (χ1) is 12.0. The van der Waals surface area contributed by atoms with E-state index in [9.17, 15) is 9.59 Å². The van der Waals surface area contributed by atoms with Gasteiger partial charge in [-0.2, -0.15) is 0 Å². The van der Waals surface area contributed by atoms with Gasteiger partial charge in [-0.25, -0.2) is 4.79 Å². The highest BCUT2D eigenvalue weighted by Gasteiger charge is 2.28. The van der Waals surface area contributed by atoms with Gasteiger partial charge < -0.3 is 21.1 Å². The molecule has 1 aromatic carbocycles. The highest BCUT2D eigenvalue weighted by molar-refractivity contribution is 7.18. The quantitative estimate of drug-likeness (QED) is 0.653. The Morgan fingerprint density at radius 1 is 1.32 bits per heavy atom. The summed E-state index contributed by atoms with van der Waals surface area (Å²) < 4.78 is 5.11. The van der Waals surface area contributed by atoms with Gasteiger partial charge in [-0.05, 0) is 13.8 Å². The number of nitrogen functional groups attached to an aromatic ring is 1. The van der Waals surface area contributed by atoms with E-state index in [2.05, 4.69) is 29.7 Å². The van der Waals surface area contributed by atoms with Crippen molar-refractivity contribution in [1.82, 2.24) is 5.32 Å². The summed E-state index contributed by atoms with van der Waals surface area (Å²) in [6.07, 6.45) is 0. The van der Waals surface area contributed by atoms with Crippen LogP contribution in [0.25, 0.3) is 0 Å². The zero-order valence-corrected chi connectivity index (χ0v) is 15.5. The Balaban J connectivity index is 2.30. The smallest absolute Gasteiger partial charge is 0.341 e. The second-order valence-electron chi connectivity index (χ2n) is 5.59. The van der Waals surface area contributed by atoms with Gasteiger partial charge in [0.1, 0.15) is 28.0 Å². The number of anilines is 1. The average molecular weight is 362 g/mol. The molecule has 0 aliphatic heterocycles. The molecular weight excluding hydrogens is 338 g/mol. The molecule has 6 nitrogen and oxygen atoms in total. The van der Waals surface area contributed by atoms with Crippen LogP contribution in [0.1, 0.15) is 51.0 Å². The molecule has 5 N–H and O–H groups in total. The number of nitrogens with two attached hydrogens (primary N) is 2. The van der Waals surface area contributed by atoms with Crippen molar-refractivity contribution in [2.75, 3.05) is 19.4 Å². The number of esters is 1. The lowest BCUT2D eigenvalue weighted by Gasteiger charge is -2.12. The Hall–Kier alpha value is -2.38. The lowest BCUT2D eigenvalue weighted by Crippen LogP contribution is -2.83. The van der Waals surface area contributed by atoms with E-state index in [1.54, 1.807) is 14.0 Å². The maximum atomic E-state index is 12.3. The number of rotatable bonds is 7. The van der Waals surface area contributed by atoms with Crippen LogP contribution in [0.5, 0.6) is 0 Å². The zero-order valence-electron chi connectivity index (χ0n) is 14.7. The predicted molar refractivity (Wildman–Crippen MR) is 98.6 cm³/mol. The largest absolute Gasteiger partial charge is 0.462 e. The van der Waals surface area contributed by atoms with Gasteiger partial charge in [-0.1, -0.05) is 30.3 Å². The topological polar surface area (TPSA) is 98.0 Å². The van der Waals surface area contributed by atoms with Crippen LogP contribution in [0.3, 0.4) is 0 Å². The summed E-state index contributed by atoms with van der Waals surface area (Å²) in [6, 6.07) is 10.2. The maximum absolute atomic E-state index is 12.3. The lowest BCUT2D eigenvalue weighted by atomic mass is 10.1. The monoisotopic (exact) mass is 362 g/mol. The molecule has 134 valence electrons. The normalized spacial score (nSPS) is 11.8. The van der Waals surface area contributed by atoms with Crippen LogP contribution in [0.4, 0.5) is 5.00 Å². The number of carbonyl (C=O) groups is 2. The van der Waals surface area contributed by atoms with E-state index in [-0.39, 0.29) is 18.6 Å². The summed E-state index contributed by atoms with van der Waals surface area (Å²) in [5.41, 5.74) is 8.11. The first kappa shape index (κ1) is 19.0. The number of carbonyl (C=O) groups excluding carboxylic acids is 2. The summed E-state index contributed by atoms with van der Waals surface area (Å²) >= 11 is 1.12. The lowest BCUT2D eigenvalue weighted by molar-refractivity contribution is -0.707. The van der Waals surface area contributed by atoms with E-state index in [1.807, 2.05) is 18.2 Å². The van der Waals surface area contributed by atoms with Gasteiger partial charge in [0, 0.05) is 18.2 Å². The molecule has 0 saturated heterocycles. The summed E-state index contributed by atoms with van der Waals surface area (Å²) in [6.45, 7) is 4.53. The molecule has 0 saturated carbocycles. The van der Waals surface area contributed by atoms with Crippen molar-refractivity contribution in [1.29, 1.82) is 0 Å². The summed E-state index contributed by atoms with van der Waals surface area (Å²) in [5.74, 6) is -0.731. The van der Waals surface area contributed by atoms with Crippen LogP contribution in [0.15, 0.2) is 30.3 Å². The SMILES string of the molecule is CCOC(=O)c1c(N)sc(C(=O)NC)c1C[NH2+][C@@H](C)c1ccccc1. The molecule has 0 aliphatic rings. The number of nitrogens with one attached hydrogen (secondary N) is 1. The Bertz CT molecular complexity index is 744. The Morgan fingerprint density at radius 2 is 2.00 bits per heavy atom. The van der Waals surface area contributed by atoms with Crippen molar-refractivity contribution < 1.29 is 19.6 Å². The first-order valence-corrected chi connectivity index (χ1v) is 8.99. The van der Waals surface area contributed by atoms with Crippen molar-refractivity contribution in [2.45, 2.75) is 26.4 Å². The van der Waals surface area contributed by atoms with Gasteiger partial charge in [0.2, 0.25) is 0 Å². The molecule has 25 heavy (non-hydrogen) atoms. The highest BCUT2D eigenvalue weighted by atomic mass is 32.1. The van der Waals surface area contributed by atoms with E-state index in [0.717, 1.165) is 11.3 Å². The number of thiophene rings is 1. The van der Waals surface area contributed by atoms with E-state index in [4.69, 9.17) is 10.5 Å². The minimum atomic E-state index is -0.484. The molecule has 0 fully saturated rings. The summed E-state index contributed by atoms with van der Waals surface area (Å²) in [4.78, 5) is 24.9. The second-order valence-corrected chi connectivity index (χ2v) is 6.64. The molecule has 1 amide bonds. The molecule has 0 spiro atoms.